The van der Waals surface area contributed by atoms with Crippen LogP contribution in [0.3, 0.4) is 0 Å². The number of thiophene rings is 1. The Morgan fingerprint density at radius 3 is 1.74 bits per heavy atom. The summed E-state index contributed by atoms with van der Waals surface area (Å²) in [6.45, 7) is 9.90. The molecule has 0 bridgehead atoms. The van der Waals surface area contributed by atoms with Crippen LogP contribution in [0.15, 0.2) is 28.4 Å². The fourth-order valence-electron chi connectivity index (χ4n) is 5.20. The van der Waals surface area contributed by atoms with E-state index in [2.05, 4.69) is 27.3 Å². The summed E-state index contributed by atoms with van der Waals surface area (Å²) in [5.41, 5.74) is 3.36. The van der Waals surface area contributed by atoms with E-state index in [1.807, 2.05) is 53.3 Å². The highest BCUT2D eigenvalue weighted by atomic mass is 32.2. The maximum Gasteiger partial charge on any atom is 0.265 e. The van der Waals surface area contributed by atoms with Crippen LogP contribution >= 0.6 is 11.3 Å². The molecule has 1 heterocycles. The van der Waals surface area contributed by atoms with Crippen LogP contribution in [0.4, 0.5) is 16.4 Å². The lowest BCUT2D eigenvalue weighted by Gasteiger charge is -2.30. The predicted octanol–water partition coefficient (Wildman–Crippen LogP) is 4.09. The number of ether oxygens (including phenoxy) is 3. The highest BCUT2D eigenvalue weighted by Gasteiger charge is 2.19. The molecule has 0 saturated heterocycles. The van der Waals surface area contributed by atoms with Crippen molar-refractivity contribution in [2.45, 2.75) is 26.7 Å². The Morgan fingerprint density at radius 1 is 0.755 bits per heavy atom. The number of aryl methyl sites for hydroxylation is 1. The first-order chi connectivity index (χ1) is 24.8. The van der Waals surface area contributed by atoms with E-state index >= 15 is 0 Å². The highest BCUT2D eigenvalue weighted by Crippen LogP contribution is 2.36. The number of hydrogen-bond donors (Lipinski definition) is 2. The van der Waals surface area contributed by atoms with Crippen LogP contribution in [-0.2, 0) is 34.4 Å². The molecule has 2 rings (SSSR count). The van der Waals surface area contributed by atoms with Gasteiger partial charge in [-0.1, -0.05) is 0 Å². The van der Waals surface area contributed by atoms with Crippen molar-refractivity contribution >= 4 is 47.9 Å². The van der Waals surface area contributed by atoms with Crippen LogP contribution in [0.2, 0.25) is 0 Å². The smallest absolute Gasteiger partial charge is 0.265 e. The Labute approximate surface area is 318 Å². The first-order valence-electron chi connectivity index (χ1n) is 17.2. The quantitative estimate of drug-likeness (QED) is 0.0596. The van der Waals surface area contributed by atoms with Crippen LogP contribution in [0, 0.1) is 36.5 Å². The van der Waals surface area contributed by atoms with Gasteiger partial charge in [0.05, 0.1) is 104 Å². The summed E-state index contributed by atoms with van der Waals surface area (Å²) in [6.07, 6.45) is 0.714. The van der Waals surface area contributed by atoms with E-state index in [0.717, 1.165) is 22.6 Å². The topological polar surface area (TPSA) is 212 Å². The van der Waals surface area contributed by atoms with E-state index in [-0.39, 0.29) is 11.5 Å². The SMILES string of the molecule is Cc1cc(N(CCOCCOCC[N+](C)(C)CCCS(=O)(=O)O)CCOCC[N+](C)(C)CCCS(=O)(=O)O)ccc1/N=N/c1sc(C#N)c(C)c1C#N. The number of benzene rings is 1. The van der Waals surface area contributed by atoms with Gasteiger partial charge in [0.25, 0.3) is 20.2 Å². The van der Waals surface area contributed by atoms with Gasteiger partial charge in [-0.05, 0) is 43.2 Å². The van der Waals surface area contributed by atoms with Gasteiger partial charge in [0.1, 0.15) is 30.1 Å². The van der Waals surface area contributed by atoms with Gasteiger partial charge in [-0.15, -0.1) is 21.6 Å². The largest absolute Gasteiger partial charge is 0.377 e. The summed E-state index contributed by atoms with van der Waals surface area (Å²) in [4.78, 5) is 2.58. The molecule has 19 heteroatoms. The monoisotopic (exact) mass is 801 g/mol. The van der Waals surface area contributed by atoms with Crippen molar-refractivity contribution in [2.24, 2.45) is 10.2 Å². The molecule has 0 aliphatic rings. The van der Waals surface area contributed by atoms with Gasteiger partial charge >= 0.3 is 0 Å². The molecular formula is C34H55N7O9S3+2. The van der Waals surface area contributed by atoms with Crippen LogP contribution in [0.1, 0.15) is 34.4 Å². The average Bonchev–Trinajstić information content (AvgIpc) is 3.36. The molecule has 0 spiro atoms. The van der Waals surface area contributed by atoms with Crippen molar-refractivity contribution in [2.75, 3.05) is 124 Å². The van der Waals surface area contributed by atoms with Crippen LogP contribution in [0.25, 0.3) is 0 Å². The molecule has 1 aromatic heterocycles. The van der Waals surface area contributed by atoms with Gasteiger partial charge in [-0.25, -0.2) is 0 Å². The lowest BCUT2D eigenvalue weighted by Crippen LogP contribution is -2.44. The minimum Gasteiger partial charge on any atom is -0.377 e. The maximum atomic E-state index is 11.1. The second-order valence-electron chi connectivity index (χ2n) is 14.0. The Balaban J connectivity index is 1.97. The number of likely N-dealkylation sites (N-methyl/N-ethyl adjacent to an activating group) is 2. The third-order valence-electron chi connectivity index (χ3n) is 8.53. The van der Waals surface area contributed by atoms with Crippen molar-refractivity contribution in [3.8, 4) is 12.1 Å². The molecule has 0 unspecified atom stereocenters. The van der Waals surface area contributed by atoms with Gasteiger partial charge in [0.15, 0.2) is 5.00 Å². The zero-order valence-electron chi connectivity index (χ0n) is 31.7. The number of hydrogen-bond acceptors (Lipinski definition) is 13. The van der Waals surface area contributed by atoms with Gasteiger partial charge in [0.2, 0.25) is 0 Å². The summed E-state index contributed by atoms with van der Waals surface area (Å²) < 4.78 is 80.8. The molecule has 2 N–H and O–H groups in total. The second-order valence-corrected chi connectivity index (χ2v) is 18.1. The first kappa shape index (κ1) is 46.1. The maximum absolute atomic E-state index is 11.1. The molecule has 296 valence electrons. The molecule has 0 saturated carbocycles. The average molecular weight is 802 g/mol. The lowest BCUT2D eigenvalue weighted by molar-refractivity contribution is -0.890. The lowest BCUT2D eigenvalue weighted by atomic mass is 10.1. The van der Waals surface area contributed by atoms with E-state index in [4.69, 9.17) is 23.3 Å². The molecule has 0 aliphatic heterocycles. The molecule has 0 atom stereocenters. The van der Waals surface area contributed by atoms with Crippen LogP contribution in [0.5, 0.6) is 0 Å². The molecule has 0 amide bonds. The van der Waals surface area contributed by atoms with Crippen molar-refractivity contribution in [1.82, 2.24) is 0 Å². The molecule has 0 radical (unpaired) electrons. The zero-order chi connectivity index (χ0) is 39.7. The van der Waals surface area contributed by atoms with E-state index in [1.54, 1.807) is 6.92 Å². The zero-order valence-corrected chi connectivity index (χ0v) is 34.1. The van der Waals surface area contributed by atoms with Crippen molar-refractivity contribution in [1.29, 1.82) is 10.5 Å². The second kappa shape index (κ2) is 21.7. The fourth-order valence-corrected chi connectivity index (χ4v) is 7.06. The summed E-state index contributed by atoms with van der Waals surface area (Å²) in [5, 5.41) is 27.9. The predicted molar refractivity (Wildman–Crippen MR) is 204 cm³/mol. The number of rotatable bonds is 26. The Morgan fingerprint density at radius 2 is 1.26 bits per heavy atom. The van der Waals surface area contributed by atoms with E-state index in [9.17, 15) is 27.4 Å². The minimum absolute atomic E-state index is 0.259. The first-order valence-corrected chi connectivity index (χ1v) is 21.3. The molecule has 0 aliphatic carbocycles. The normalized spacial score (nSPS) is 12.6. The number of anilines is 1. The summed E-state index contributed by atoms with van der Waals surface area (Å²) in [5.74, 6) is -0.528. The van der Waals surface area contributed by atoms with Crippen molar-refractivity contribution in [3.63, 3.8) is 0 Å². The van der Waals surface area contributed by atoms with Crippen LogP contribution < -0.4 is 4.90 Å². The minimum atomic E-state index is -3.99. The third-order valence-corrected chi connectivity index (χ3v) is 11.2. The van der Waals surface area contributed by atoms with Crippen LogP contribution in [-0.4, -0.2) is 154 Å². The molecule has 2 aromatic rings. The molecule has 0 fully saturated rings. The highest BCUT2D eigenvalue weighted by molar-refractivity contribution is 7.86. The number of nitrogens with zero attached hydrogens (tertiary/aromatic N) is 7. The molecule has 1 aromatic carbocycles. The number of nitriles is 2. The van der Waals surface area contributed by atoms with Gasteiger partial charge < -0.3 is 28.1 Å². The number of quaternary nitrogens is 2. The van der Waals surface area contributed by atoms with Gasteiger partial charge in [-0.3, -0.25) is 9.11 Å². The van der Waals surface area contributed by atoms with Crippen molar-refractivity contribution < 1.29 is 49.1 Å². The summed E-state index contributed by atoms with van der Waals surface area (Å²) in [6, 6.07) is 9.98. The molecular weight excluding hydrogens is 747 g/mol. The van der Waals surface area contributed by atoms with E-state index in [0.29, 0.717) is 127 Å². The standard InChI is InChI=1S/C34H53N7O9S3/c1-28-25-30(9-10-32(28)37-38-34-31(26-35)29(2)33(27-36)51-34)39(11-17-48-19-15-40(3,4)13-7-23-52(42,43)44)12-18-49-21-22-50-20-16-41(5,6)14-8-24-53(45,46)47/h9-10,25H,7-8,11-24H2,1-6H3/p+2/b38-37+. The Kier molecular flexibility index (Phi) is 18.9. The summed E-state index contributed by atoms with van der Waals surface area (Å²) >= 11 is 1.13. The van der Waals surface area contributed by atoms with Gasteiger partial charge in [0, 0.05) is 31.6 Å². The third kappa shape index (κ3) is 18.7. The molecule has 53 heavy (non-hydrogen) atoms. The molecule has 16 nitrogen and oxygen atoms in total. The summed E-state index contributed by atoms with van der Waals surface area (Å²) in [7, 11) is -0.0202. The van der Waals surface area contributed by atoms with Gasteiger partial charge in [-0.2, -0.15) is 27.4 Å². The Hall–Kier alpha value is -3.08. The Bertz CT molecular complexity index is 1800. The fraction of sp³-hybridized carbons (Fsp3) is 0.647. The van der Waals surface area contributed by atoms with Crippen molar-refractivity contribution in [3.05, 3.63) is 39.8 Å². The van der Waals surface area contributed by atoms with E-state index in [1.165, 1.54) is 0 Å². The number of azo groups is 1. The van der Waals surface area contributed by atoms with E-state index < -0.39 is 20.2 Å².